The molecule has 7 nitrogen and oxygen atoms in total. The first-order chi connectivity index (χ1) is 12.6. The van der Waals surface area contributed by atoms with Gasteiger partial charge in [0.15, 0.2) is 18.1 Å². The second kappa shape index (κ2) is 8.02. The minimum atomic E-state index is -0.556. The van der Waals surface area contributed by atoms with Gasteiger partial charge in [-0.15, -0.1) is 0 Å². The number of carbonyl (C=O) groups excluding carboxylic acids is 2. The largest absolute Gasteiger partial charge is 0.484 e. The van der Waals surface area contributed by atoms with Gasteiger partial charge in [-0.05, 0) is 48.0 Å². The van der Waals surface area contributed by atoms with Crippen LogP contribution in [0, 0.1) is 5.82 Å². The van der Waals surface area contributed by atoms with Crippen molar-refractivity contribution in [1.29, 1.82) is 0 Å². The fourth-order valence-corrected chi connectivity index (χ4v) is 2.08. The molecule has 2 N–H and O–H groups in total. The lowest BCUT2D eigenvalue weighted by atomic mass is 10.2. The normalized spacial score (nSPS) is 12.0. The Morgan fingerprint density at radius 1 is 1.08 bits per heavy atom. The molecule has 3 rings (SSSR count). The van der Waals surface area contributed by atoms with Gasteiger partial charge in [0, 0.05) is 6.08 Å². The van der Waals surface area contributed by atoms with Gasteiger partial charge in [0.05, 0.1) is 0 Å². The van der Waals surface area contributed by atoms with Crippen molar-refractivity contribution >= 4 is 17.9 Å². The Hall–Kier alpha value is -3.55. The molecule has 0 aliphatic carbocycles. The molecule has 26 heavy (non-hydrogen) atoms. The van der Waals surface area contributed by atoms with Crippen LogP contribution in [-0.4, -0.2) is 25.2 Å². The first-order valence-electron chi connectivity index (χ1n) is 7.65. The number of halogens is 1. The van der Waals surface area contributed by atoms with Gasteiger partial charge in [0.25, 0.3) is 11.8 Å². The number of hydrazine groups is 1. The highest BCUT2D eigenvalue weighted by Crippen LogP contribution is 2.32. The summed E-state index contributed by atoms with van der Waals surface area (Å²) in [4.78, 5) is 23.3. The van der Waals surface area contributed by atoms with Gasteiger partial charge < -0.3 is 14.2 Å². The number of hydrogen-bond acceptors (Lipinski definition) is 5. The number of fused-ring (bicyclic) bond motifs is 1. The van der Waals surface area contributed by atoms with E-state index >= 15 is 0 Å². The molecule has 1 aliphatic rings. The fourth-order valence-electron chi connectivity index (χ4n) is 2.08. The number of benzene rings is 2. The molecule has 0 aromatic heterocycles. The summed E-state index contributed by atoms with van der Waals surface area (Å²) in [6, 6.07) is 10.5. The lowest BCUT2D eigenvalue weighted by Gasteiger charge is -2.07. The molecule has 0 fully saturated rings. The third kappa shape index (κ3) is 4.73. The molecule has 0 bridgehead atoms. The van der Waals surface area contributed by atoms with Crippen LogP contribution in [0.2, 0.25) is 0 Å². The zero-order valence-electron chi connectivity index (χ0n) is 13.5. The molecule has 0 unspecified atom stereocenters. The smallest absolute Gasteiger partial charge is 0.276 e. The Morgan fingerprint density at radius 3 is 2.65 bits per heavy atom. The molecule has 0 atom stereocenters. The van der Waals surface area contributed by atoms with Crippen molar-refractivity contribution < 1.29 is 28.2 Å². The molecule has 2 aromatic rings. The summed E-state index contributed by atoms with van der Waals surface area (Å²) in [5.74, 6) is 0.134. The van der Waals surface area contributed by atoms with Crippen LogP contribution < -0.4 is 25.1 Å². The summed E-state index contributed by atoms with van der Waals surface area (Å²) < 4.78 is 28.4. The van der Waals surface area contributed by atoms with Crippen molar-refractivity contribution in [1.82, 2.24) is 10.9 Å². The van der Waals surface area contributed by atoms with Crippen LogP contribution >= 0.6 is 0 Å². The molecule has 1 heterocycles. The molecule has 0 saturated heterocycles. The molecule has 0 spiro atoms. The quantitative estimate of drug-likeness (QED) is 0.629. The molecule has 1 aliphatic heterocycles. The van der Waals surface area contributed by atoms with Crippen LogP contribution in [0.5, 0.6) is 17.2 Å². The van der Waals surface area contributed by atoms with Crippen molar-refractivity contribution in [2.45, 2.75) is 0 Å². The van der Waals surface area contributed by atoms with Crippen LogP contribution in [0.4, 0.5) is 4.39 Å². The summed E-state index contributed by atoms with van der Waals surface area (Å²) in [7, 11) is 0. The maximum Gasteiger partial charge on any atom is 0.276 e. The van der Waals surface area contributed by atoms with Gasteiger partial charge in [0.1, 0.15) is 11.6 Å². The van der Waals surface area contributed by atoms with Gasteiger partial charge in [-0.3, -0.25) is 20.4 Å². The Bertz CT molecular complexity index is 836. The number of rotatable bonds is 5. The number of ether oxygens (including phenoxy) is 3. The van der Waals surface area contributed by atoms with Crippen LogP contribution in [0.15, 0.2) is 48.5 Å². The van der Waals surface area contributed by atoms with E-state index in [1.807, 2.05) is 0 Å². The van der Waals surface area contributed by atoms with E-state index in [9.17, 15) is 14.0 Å². The van der Waals surface area contributed by atoms with Crippen molar-refractivity contribution in [3.05, 3.63) is 59.9 Å². The Labute approximate surface area is 148 Å². The number of hydrogen-bond donors (Lipinski definition) is 2. The van der Waals surface area contributed by atoms with Gasteiger partial charge in [0.2, 0.25) is 6.79 Å². The minimum Gasteiger partial charge on any atom is -0.484 e. The van der Waals surface area contributed by atoms with E-state index in [2.05, 4.69) is 10.9 Å². The third-order valence-corrected chi connectivity index (χ3v) is 3.33. The number of nitrogens with one attached hydrogen (secondary N) is 2. The lowest BCUT2D eigenvalue weighted by molar-refractivity contribution is -0.128. The molecule has 134 valence electrons. The topological polar surface area (TPSA) is 85.9 Å². The van der Waals surface area contributed by atoms with Crippen molar-refractivity contribution in [3.63, 3.8) is 0 Å². The minimum absolute atomic E-state index is 0.176. The number of carbonyl (C=O) groups is 2. The van der Waals surface area contributed by atoms with Crippen molar-refractivity contribution in [2.24, 2.45) is 0 Å². The molecule has 0 radical (unpaired) electrons. The van der Waals surface area contributed by atoms with Gasteiger partial charge in [-0.25, -0.2) is 4.39 Å². The average Bonchev–Trinajstić information content (AvgIpc) is 3.12. The van der Waals surface area contributed by atoms with Gasteiger partial charge in [-0.2, -0.15) is 0 Å². The molecular weight excluding hydrogens is 343 g/mol. The van der Waals surface area contributed by atoms with E-state index in [1.54, 1.807) is 24.3 Å². The van der Waals surface area contributed by atoms with E-state index in [-0.39, 0.29) is 13.4 Å². The lowest BCUT2D eigenvalue weighted by Crippen LogP contribution is -2.43. The maximum absolute atomic E-state index is 12.8. The molecule has 0 saturated carbocycles. The van der Waals surface area contributed by atoms with E-state index in [0.717, 1.165) is 5.56 Å². The monoisotopic (exact) mass is 358 g/mol. The highest BCUT2D eigenvalue weighted by molar-refractivity contribution is 5.93. The Morgan fingerprint density at radius 2 is 1.85 bits per heavy atom. The Kier molecular flexibility index (Phi) is 5.33. The van der Waals surface area contributed by atoms with Gasteiger partial charge in [-0.1, -0.05) is 6.07 Å². The highest BCUT2D eigenvalue weighted by atomic mass is 19.1. The maximum atomic E-state index is 12.8. The first kappa shape index (κ1) is 17.3. The van der Waals surface area contributed by atoms with Crippen LogP contribution in [0.25, 0.3) is 6.08 Å². The van der Waals surface area contributed by atoms with Crippen LogP contribution in [0.1, 0.15) is 5.56 Å². The predicted molar refractivity (Wildman–Crippen MR) is 89.8 cm³/mol. The fraction of sp³-hybridized carbons (Fsp3) is 0.111. The average molecular weight is 358 g/mol. The SMILES string of the molecule is O=C(/C=C/c1ccc2c(c1)OCO2)NNC(=O)COc1ccc(F)cc1. The van der Waals surface area contributed by atoms with Crippen LogP contribution in [-0.2, 0) is 9.59 Å². The second-order valence-corrected chi connectivity index (χ2v) is 5.23. The zero-order valence-corrected chi connectivity index (χ0v) is 13.5. The van der Waals surface area contributed by atoms with Crippen molar-refractivity contribution in [2.75, 3.05) is 13.4 Å². The van der Waals surface area contributed by atoms with E-state index in [1.165, 1.54) is 30.3 Å². The molecular formula is C18H15FN2O5. The highest BCUT2D eigenvalue weighted by Gasteiger charge is 2.12. The zero-order chi connectivity index (χ0) is 18.4. The predicted octanol–water partition coefficient (Wildman–Crippen LogP) is 1.79. The summed E-state index contributed by atoms with van der Waals surface area (Å²) in [5.41, 5.74) is 5.18. The molecule has 2 aromatic carbocycles. The van der Waals surface area contributed by atoms with E-state index in [4.69, 9.17) is 14.2 Å². The molecule has 8 heteroatoms. The molecule has 2 amide bonds. The van der Waals surface area contributed by atoms with E-state index < -0.39 is 17.6 Å². The third-order valence-electron chi connectivity index (χ3n) is 3.33. The van der Waals surface area contributed by atoms with Crippen molar-refractivity contribution in [3.8, 4) is 17.2 Å². The standard InChI is InChI=1S/C18H15FN2O5/c19-13-3-5-14(6-4-13)24-10-18(23)21-20-17(22)8-2-12-1-7-15-16(9-12)26-11-25-15/h1-9H,10-11H2,(H,20,22)(H,21,23)/b8-2+. The number of amides is 2. The Balaban J connectivity index is 1.41. The van der Waals surface area contributed by atoms with Gasteiger partial charge >= 0.3 is 0 Å². The summed E-state index contributed by atoms with van der Waals surface area (Å²) in [6.07, 6.45) is 2.83. The van der Waals surface area contributed by atoms with Crippen LogP contribution in [0.3, 0.4) is 0 Å². The summed E-state index contributed by atoms with van der Waals surface area (Å²) >= 11 is 0. The summed E-state index contributed by atoms with van der Waals surface area (Å²) in [5, 5.41) is 0. The summed E-state index contributed by atoms with van der Waals surface area (Å²) in [6.45, 7) is -0.146. The second-order valence-electron chi connectivity index (χ2n) is 5.23. The van der Waals surface area contributed by atoms with E-state index in [0.29, 0.717) is 17.2 Å². The first-order valence-corrected chi connectivity index (χ1v) is 7.65.